The van der Waals surface area contributed by atoms with Gasteiger partial charge in [0.2, 0.25) is 0 Å². The molecular formula is C17H20BrN3O2S. The lowest BCUT2D eigenvalue weighted by molar-refractivity contribution is 0.543. The number of nitriles is 1. The minimum absolute atomic E-state index is 0.0737. The molecule has 0 saturated heterocycles. The molecule has 0 unspecified atom stereocenters. The van der Waals surface area contributed by atoms with E-state index in [-0.39, 0.29) is 5.75 Å². The maximum Gasteiger partial charge on any atom is 0.178 e. The van der Waals surface area contributed by atoms with Crippen LogP contribution in [-0.4, -0.2) is 24.0 Å². The first-order valence-corrected chi connectivity index (χ1v) is 10.4. The van der Waals surface area contributed by atoms with E-state index in [1.54, 1.807) is 30.3 Å². The topological polar surface area (TPSA) is 75.8 Å². The van der Waals surface area contributed by atoms with Crippen molar-refractivity contribution in [1.82, 2.24) is 9.78 Å². The van der Waals surface area contributed by atoms with E-state index < -0.39 is 9.84 Å². The smallest absolute Gasteiger partial charge is 0.178 e. The van der Waals surface area contributed by atoms with Crippen molar-refractivity contribution < 1.29 is 8.42 Å². The Hall–Kier alpha value is -1.65. The molecule has 1 heterocycles. The van der Waals surface area contributed by atoms with E-state index in [9.17, 15) is 8.42 Å². The molecule has 0 radical (unpaired) electrons. The normalized spacial score (nSPS) is 11.4. The van der Waals surface area contributed by atoms with Gasteiger partial charge in [0.25, 0.3) is 0 Å². The highest BCUT2D eigenvalue weighted by Gasteiger charge is 2.18. The predicted octanol–water partition coefficient (Wildman–Crippen LogP) is 3.72. The zero-order chi connectivity index (χ0) is 17.6. The molecule has 0 fully saturated rings. The highest BCUT2D eigenvalue weighted by Crippen LogP contribution is 2.23. The van der Waals surface area contributed by atoms with Crippen LogP contribution >= 0.6 is 15.9 Å². The average Bonchev–Trinajstić information content (AvgIpc) is 2.89. The summed E-state index contributed by atoms with van der Waals surface area (Å²) in [7, 11) is -3.28. The Kier molecular flexibility index (Phi) is 6.58. The Labute approximate surface area is 151 Å². The average molecular weight is 410 g/mol. The van der Waals surface area contributed by atoms with E-state index in [0.717, 1.165) is 25.1 Å². The number of hydrogen-bond acceptors (Lipinski definition) is 4. The minimum Gasteiger partial charge on any atom is -0.267 e. The van der Waals surface area contributed by atoms with Gasteiger partial charge in [0.1, 0.15) is 6.07 Å². The van der Waals surface area contributed by atoms with Crippen molar-refractivity contribution in [3.05, 3.63) is 46.2 Å². The van der Waals surface area contributed by atoms with Crippen molar-refractivity contribution in [2.45, 2.75) is 44.0 Å². The summed E-state index contributed by atoms with van der Waals surface area (Å²) in [6.07, 6.45) is 3.04. The Morgan fingerprint density at radius 3 is 2.58 bits per heavy atom. The molecule has 2 rings (SSSR count). The maximum atomic E-state index is 12.3. The monoisotopic (exact) mass is 409 g/mol. The molecule has 2 aromatic rings. The fraction of sp³-hybridized carbons (Fsp3) is 0.412. The van der Waals surface area contributed by atoms with Gasteiger partial charge in [-0.1, -0.05) is 31.5 Å². The van der Waals surface area contributed by atoms with Crippen molar-refractivity contribution in [2.24, 2.45) is 0 Å². The summed E-state index contributed by atoms with van der Waals surface area (Å²) in [5, 5.41) is 13.4. The molecule has 0 atom stereocenters. The zero-order valence-electron chi connectivity index (χ0n) is 13.6. The number of aryl methyl sites for hydroxylation is 1. The van der Waals surface area contributed by atoms with Gasteiger partial charge in [-0.15, -0.1) is 0 Å². The Balaban J connectivity index is 2.09. The number of aromatic nitrogens is 2. The largest absolute Gasteiger partial charge is 0.267 e. The molecule has 0 saturated carbocycles. The van der Waals surface area contributed by atoms with Gasteiger partial charge in [-0.2, -0.15) is 10.4 Å². The Morgan fingerprint density at radius 2 is 1.96 bits per heavy atom. The lowest BCUT2D eigenvalue weighted by Crippen LogP contribution is -2.10. The fourth-order valence-corrected chi connectivity index (χ4v) is 4.36. The van der Waals surface area contributed by atoms with E-state index >= 15 is 0 Å². The first-order valence-electron chi connectivity index (χ1n) is 7.92. The van der Waals surface area contributed by atoms with E-state index in [4.69, 9.17) is 5.26 Å². The lowest BCUT2D eigenvalue weighted by atomic mass is 10.2. The standard InChI is InChI=1S/C17H20BrN3O2S/c1-2-3-11-21-16(17(18)15(13-19)20-21)10-7-12-24(22,23)14-8-5-4-6-9-14/h4-6,8-9H,2-3,7,10-12H2,1H3. The summed E-state index contributed by atoms with van der Waals surface area (Å²) in [5.41, 5.74) is 1.25. The summed E-state index contributed by atoms with van der Waals surface area (Å²) in [6, 6.07) is 10.5. The quantitative estimate of drug-likeness (QED) is 0.665. The second-order valence-electron chi connectivity index (χ2n) is 5.53. The second-order valence-corrected chi connectivity index (χ2v) is 8.44. The summed E-state index contributed by atoms with van der Waals surface area (Å²) in [6.45, 7) is 2.83. The molecule has 24 heavy (non-hydrogen) atoms. The number of nitrogens with zero attached hydrogens (tertiary/aromatic N) is 3. The Morgan fingerprint density at radius 1 is 1.25 bits per heavy atom. The number of unbranched alkanes of at least 4 members (excludes halogenated alkanes) is 1. The van der Waals surface area contributed by atoms with Crippen LogP contribution in [0.15, 0.2) is 39.7 Å². The maximum absolute atomic E-state index is 12.3. The van der Waals surface area contributed by atoms with Crippen LogP contribution in [0.3, 0.4) is 0 Å². The molecule has 0 amide bonds. The van der Waals surface area contributed by atoms with Gasteiger partial charge in [0.05, 0.1) is 20.8 Å². The van der Waals surface area contributed by atoms with Crippen molar-refractivity contribution in [1.29, 1.82) is 5.26 Å². The molecule has 1 aromatic carbocycles. The van der Waals surface area contributed by atoms with Crippen molar-refractivity contribution >= 4 is 25.8 Å². The number of rotatable bonds is 8. The van der Waals surface area contributed by atoms with Gasteiger partial charge >= 0.3 is 0 Å². The van der Waals surface area contributed by atoms with E-state index in [1.807, 2.05) is 4.68 Å². The van der Waals surface area contributed by atoms with Crippen LogP contribution in [0.1, 0.15) is 37.6 Å². The highest BCUT2D eigenvalue weighted by molar-refractivity contribution is 9.10. The van der Waals surface area contributed by atoms with E-state index in [1.165, 1.54) is 0 Å². The van der Waals surface area contributed by atoms with Gasteiger partial charge in [0.15, 0.2) is 15.5 Å². The van der Waals surface area contributed by atoms with Crippen LogP contribution in [0.2, 0.25) is 0 Å². The fourth-order valence-electron chi connectivity index (χ4n) is 2.45. The number of hydrogen-bond donors (Lipinski definition) is 0. The molecule has 0 aliphatic carbocycles. The third kappa shape index (κ3) is 4.46. The summed E-state index contributed by atoms with van der Waals surface area (Å²) in [5.74, 6) is 0.0737. The summed E-state index contributed by atoms with van der Waals surface area (Å²) in [4.78, 5) is 0.348. The predicted molar refractivity (Wildman–Crippen MR) is 96.4 cm³/mol. The van der Waals surface area contributed by atoms with Gasteiger partial charge in [-0.05, 0) is 47.3 Å². The SMILES string of the molecule is CCCCn1nc(C#N)c(Br)c1CCCS(=O)(=O)c1ccccc1. The van der Waals surface area contributed by atoms with Gasteiger partial charge in [-0.25, -0.2) is 8.42 Å². The van der Waals surface area contributed by atoms with Crippen molar-refractivity contribution in [3.8, 4) is 6.07 Å². The zero-order valence-corrected chi connectivity index (χ0v) is 16.0. The second kappa shape index (κ2) is 8.45. The number of benzene rings is 1. The third-order valence-corrected chi connectivity index (χ3v) is 6.40. The van der Waals surface area contributed by atoms with Crippen LogP contribution in [0, 0.1) is 11.3 Å². The first kappa shape index (κ1) is 18.7. The van der Waals surface area contributed by atoms with E-state index in [2.05, 4.69) is 34.0 Å². The van der Waals surface area contributed by atoms with Gasteiger partial charge in [-0.3, -0.25) is 4.68 Å². The molecule has 0 spiro atoms. The minimum atomic E-state index is -3.28. The number of sulfone groups is 1. The van der Waals surface area contributed by atoms with Crippen molar-refractivity contribution in [2.75, 3.05) is 5.75 Å². The van der Waals surface area contributed by atoms with Crippen molar-refractivity contribution in [3.63, 3.8) is 0 Å². The van der Waals surface area contributed by atoms with E-state index in [0.29, 0.717) is 27.9 Å². The molecule has 128 valence electrons. The molecule has 5 nitrogen and oxygen atoms in total. The number of halogens is 1. The highest BCUT2D eigenvalue weighted by atomic mass is 79.9. The Bertz CT molecular complexity index is 824. The molecule has 7 heteroatoms. The van der Waals surface area contributed by atoms with Gasteiger partial charge in [0, 0.05) is 6.54 Å². The van der Waals surface area contributed by atoms with Crippen LogP contribution in [0.5, 0.6) is 0 Å². The van der Waals surface area contributed by atoms with Crippen LogP contribution in [-0.2, 0) is 22.8 Å². The molecule has 0 aliphatic heterocycles. The lowest BCUT2D eigenvalue weighted by Gasteiger charge is -2.08. The molecule has 0 N–H and O–H groups in total. The third-order valence-electron chi connectivity index (χ3n) is 3.75. The summed E-state index contributed by atoms with van der Waals surface area (Å²) >= 11 is 3.42. The molecule has 0 bridgehead atoms. The van der Waals surface area contributed by atoms with Crippen LogP contribution in [0.25, 0.3) is 0 Å². The first-order chi connectivity index (χ1) is 11.5. The van der Waals surface area contributed by atoms with Gasteiger partial charge < -0.3 is 0 Å². The van der Waals surface area contributed by atoms with Crippen LogP contribution < -0.4 is 0 Å². The summed E-state index contributed by atoms with van der Waals surface area (Å²) < 4.78 is 27.2. The molecule has 1 aromatic heterocycles. The molecular weight excluding hydrogens is 390 g/mol. The van der Waals surface area contributed by atoms with Crippen LogP contribution in [0.4, 0.5) is 0 Å². The molecule has 0 aliphatic rings.